The van der Waals surface area contributed by atoms with Gasteiger partial charge in [-0.2, -0.15) is 0 Å². The van der Waals surface area contributed by atoms with E-state index in [9.17, 15) is 19.3 Å². The van der Waals surface area contributed by atoms with E-state index >= 15 is 0 Å². The number of hydrogen-bond donors (Lipinski definition) is 2. The highest BCUT2D eigenvalue weighted by atomic mass is 19.1. The number of rotatable bonds is 8. The molecule has 0 aliphatic rings. The highest BCUT2D eigenvalue weighted by Gasteiger charge is 2.21. The molecular formula is C13H17FN2O5. The van der Waals surface area contributed by atoms with Crippen molar-refractivity contribution in [3.8, 4) is 0 Å². The molecule has 1 rings (SSSR count). The second-order valence-corrected chi connectivity index (χ2v) is 4.81. The van der Waals surface area contributed by atoms with Gasteiger partial charge in [-0.15, -0.1) is 0 Å². The molecule has 0 atom stereocenters. The molecule has 116 valence electrons. The van der Waals surface area contributed by atoms with Crippen molar-refractivity contribution in [3.63, 3.8) is 0 Å². The molecule has 0 radical (unpaired) electrons. The summed E-state index contributed by atoms with van der Waals surface area (Å²) in [5, 5.41) is 22.4. The fraction of sp³-hybridized carbons (Fsp3) is 0.462. The number of nitrogens with zero attached hydrogens (tertiary/aromatic N) is 1. The molecule has 1 aromatic carbocycles. The summed E-state index contributed by atoms with van der Waals surface area (Å²) in [6.07, 6.45) is 0. The van der Waals surface area contributed by atoms with Crippen molar-refractivity contribution in [3.05, 3.63) is 33.6 Å². The smallest absolute Gasteiger partial charge is 0.338 e. The summed E-state index contributed by atoms with van der Waals surface area (Å²) in [7, 11) is 0. The minimum atomic E-state index is -1.48. The van der Waals surface area contributed by atoms with Crippen LogP contribution in [0.3, 0.4) is 0 Å². The van der Waals surface area contributed by atoms with Crippen LogP contribution in [0.2, 0.25) is 0 Å². The minimum Gasteiger partial charge on any atom is -0.478 e. The van der Waals surface area contributed by atoms with Gasteiger partial charge in [0.05, 0.1) is 23.2 Å². The topological polar surface area (TPSA) is 102 Å². The van der Waals surface area contributed by atoms with Crippen LogP contribution in [0.1, 0.15) is 24.2 Å². The number of carboxylic acids is 1. The summed E-state index contributed by atoms with van der Waals surface area (Å²) >= 11 is 0. The molecule has 0 aliphatic carbocycles. The zero-order valence-electron chi connectivity index (χ0n) is 11.8. The molecule has 0 aromatic heterocycles. The van der Waals surface area contributed by atoms with E-state index < -0.39 is 28.0 Å². The van der Waals surface area contributed by atoms with E-state index in [1.165, 1.54) is 0 Å². The lowest BCUT2D eigenvalue weighted by atomic mass is 10.1. The first-order chi connectivity index (χ1) is 9.82. The highest BCUT2D eigenvalue weighted by molar-refractivity contribution is 5.90. The molecule has 7 nitrogen and oxygen atoms in total. The van der Waals surface area contributed by atoms with Gasteiger partial charge in [0.1, 0.15) is 11.5 Å². The summed E-state index contributed by atoms with van der Waals surface area (Å²) in [4.78, 5) is 20.9. The summed E-state index contributed by atoms with van der Waals surface area (Å²) < 4.78 is 18.7. The number of carbonyl (C=O) groups is 1. The molecule has 0 amide bonds. The van der Waals surface area contributed by atoms with Gasteiger partial charge in [-0.3, -0.25) is 10.1 Å². The lowest BCUT2D eigenvalue weighted by Crippen LogP contribution is -2.14. The quantitative estimate of drug-likeness (QED) is 0.434. The van der Waals surface area contributed by atoms with Crippen molar-refractivity contribution >= 4 is 17.3 Å². The van der Waals surface area contributed by atoms with Crippen LogP contribution in [-0.4, -0.2) is 35.8 Å². The number of anilines is 1. The van der Waals surface area contributed by atoms with Crippen LogP contribution in [0.5, 0.6) is 0 Å². The van der Waals surface area contributed by atoms with Crippen molar-refractivity contribution in [1.29, 1.82) is 0 Å². The fourth-order valence-electron chi connectivity index (χ4n) is 1.60. The van der Waals surface area contributed by atoms with E-state index in [0.29, 0.717) is 25.2 Å². The van der Waals surface area contributed by atoms with Gasteiger partial charge >= 0.3 is 5.97 Å². The number of halogens is 1. The van der Waals surface area contributed by atoms with Crippen LogP contribution in [0.25, 0.3) is 0 Å². The first kappa shape index (κ1) is 16.8. The number of hydrogen-bond acceptors (Lipinski definition) is 5. The normalized spacial score (nSPS) is 10.7. The minimum absolute atomic E-state index is 0.0491. The number of benzene rings is 1. The van der Waals surface area contributed by atoms with Crippen molar-refractivity contribution in [2.45, 2.75) is 13.8 Å². The molecule has 0 bridgehead atoms. The number of nitro groups is 1. The Kier molecular flexibility index (Phi) is 6.04. The molecule has 1 aromatic rings. The number of nitrogens with one attached hydrogen (secondary N) is 1. The third-order valence-corrected chi connectivity index (χ3v) is 2.53. The van der Waals surface area contributed by atoms with Crippen LogP contribution in [0.4, 0.5) is 15.8 Å². The van der Waals surface area contributed by atoms with Crippen LogP contribution >= 0.6 is 0 Å². The van der Waals surface area contributed by atoms with E-state index in [-0.39, 0.29) is 12.2 Å². The molecule has 0 saturated heterocycles. The van der Waals surface area contributed by atoms with Gasteiger partial charge in [0.15, 0.2) is 0 Å². The number of aromatic carboxylic acids is 1. The third kappa shape index (κ3) is 4.99. The van der Waals surface area contributed by atoms with Crippen molar-refractivity contribution < 1.29 is 24.0 Å². The highest BCUT2D eigenvalue weighted by Crippen LogP contribution is 2.27. The largest absolute Gasteiger partial charge is 0.478 e. The summed E-state index contributed by atoms with van der Waals surface area (Å²) in [5.74, 6) is -2.26. The second kappa shape index (κ2) is 7.53. The average Bonchev–Trinajstić information content (AvgIpc) is 2.38. The lowest BCUT2D eigenvalue weighted by Gasteiger charge is -2.10. The molecule has 0 heterocycles. The van der Waals surface area contributed by atoms with Gasteiger partial charge in [0.25, 0.3) is 5.69 Å². The van der Waals surface area contributed by atoms with Crippen LogP contribution in [0.15, 0.2) is 12.1 Å². The van der Waals surface area contributed by atoms with E-state index in [4.69, 9.17) is 9.84 Å². The maximum Gasteiger partial charge on any atom is 0.338 e. The van der Waals surface area contributed by atoms with Gasteiger partial charge in [-0.1, -0.05) is 13.8 Å². The third-order valence-electron chi connectivity index (χ3n) is 2.53. The molecule has 0 aliphatic heterocycles. The summed E-state index contributed by atoms with van der Waals surface area (Å²) in [5.41, 5.74) is -1.18. The van der Waals surface area contributed by atoms with Crippen LogP contribution in [-0.2, 0) is 4.74 Å². The molecule has 0 unspecified atom stereocenters. The Morgan fingerprint density at radius 3 is 2.71 bits per heavy atom. The van der Waals surface area contributed by atoms with Crippen LogP contribution < -0.4 is 5.32 Å². The van der Waals surface area contributed by atoms with Gasteiger partial charge < -0.3 is 15.2 Å². The van der Waals surface area contributed by atoms with Crippen molar-refractivity contribution in [1.82, 2.24) is 0 Å². The van der Waals surface area contributed by atoms with Gasteiger partial charge in [-0.05, 0) is 12.0 Å². The number of ether oxygens (including phenoxy) is 1. The van der Waals surface area contributed by atoms with E-state index in [1.54, 1.807) is 0 Å². The van der Waals surface area contributed by atoms with E-state index in [0.717, 1.165) is 6.07 Å². The Bertz CT molecular complexity index is 534. The number of carboxylic acid groups (broad SMARTS) is 1. The molecule has 0 spiro atoms. The maximum atomic E-state index is 13.4. The van der Waals surface area contributed by atoms with Crippen molar-refractivity contribution in [2.75, 3.05) is 25.1 Å². The fourth-order valence-corrected chi connectivity index (χ4v) is 1.60. The molecule has 2 N–H and O–H groups in total. The summed E-state index contributed by atoms with van der Waals surface area (Å²) in [6.45, 7) is 5.07. The lowest BCUT2D eigenvalue weighted by molar-refractivity contribution is -0.384. The van der Waals surface area contributed by atoms with Gasteiger partial charge in [-0.25, -0.2) is 9.18 Å². The summed E-state index contributed by atoms with van der Waals surface area (Å²) in [6, 6.07) is 1.51. The predicted octanol–water partition coefficient (Wildman–Crippen LogP) is 2.52. The Morgan fingerprint density at radius 1 is 1.52 bits per heavy atom. The predicted molar refractivity (Wildman–Crippen MR) is 74.2 cm³/mol. The molecule has 0 saturated carbocycles. The maximum absolute atomic E-state index is 13.4. The Balaban J connectivity index is 2.81. The molecular weight excluding hydrogens is 283 g/mol. The molecule has 8 heteroatoms. The van der Waals surface area contributed by atoms with Crippen molar-refractivity contribution in [2.24, 2.45) is 5.92 Å². The Labute approximate surface area is 120 Å². The standard InChI is InChI=1S/C13H17FN2O5/c1-8(2)7-21-4-3-15-11-5-9(13(17)18)10(14)6-12(11)16(19)20/h5-6,8,15H,3-4,7H2,1-2H3,(H,17,18). The molecule has 21 heavy (non-hydrogen) atoms. The number of nitro benzene ring substituents is 1. The van der Waals surface area contributed by atoms with E-state index in [2.05, 4.69) is 5.32 Å². The van der Waals surface area contributed by atoms with Crippen LogP contribution in [0, 0.1) is 21.8 Å². The Morgan fingerprint density at radius 2 is 2.19 bits per heavy atom. The average molecular weight is 300 g/mol. The monoisotopic (exact) mass is 300 g/mol. The SMILES string of the molecule is CC(C)COCCNc1cc(C(=O)O)c(F)cc1[N+](=O)[O-]. The van der Waals surface area contributed by atoms with Gasteiger partial charge in [0.2, 0.25) is 0 Å². The molecule has 0 fully saturated rings. The van der Waals surface area contributed by atoms with E-state index in [1.807, 2.05) is 13.8 Å². The zero-order chi connectivity index (χ0) is 16.0. The zero-order valence-corrected chi connectivity index (χ0v) is 11.8. The second-order valence-electron chi connectivity index (χ2n) is 4.81. The van der Waals surface area contributed by atoms with Gasteiger partial charge in [0, 0.05) is 13.2 Å². The first-order valence-electron chi connectivity index (χ1n) is 6.35. The Hall–Kier alpha value is -2.22. The first-order valence-corrected chi connectivity index (χ1v) is 6.35.